The van der Waals surface area contributed by atoms with E-state index in [-0.39, 0.29) is 5.92 Å². The van der Waals surface area contributed by atoms with Crippen LogP contribution in [0.3, 0.4) is 0 Å². The van der Waals surface area contributed by atoms with E-state index in [0.29, 0.717) is 11.7 Å². The van der Waals surface area contributed by atoms with Gasteiger partial charge in [-0.1, -0.05) is 48.9 Å². The quantitative estimate of drug-likeness (QED) is 0.545. The van der Waals surface area contributed by atoms with E-state index in [2.05, 4.69) is 19.9 Å². The third-order valence-corrected chi connectivity index (χ3v) is 3.87. The summed E-state index contributed by atoms with van der Waals surface area (Å²) in [6.07, 6.45) is 6.55. The summed E-state index contributed by atoms with van der Waals surface area (Å²) in [5.74, 6) is 1.14. The molecule has 0 fully saturated rings. The first kappa shape index (κ1) is 13.1. The summed E-state index contributed by atoms with van der Waals surface area (Å²) >= 11 is 0. The van der Waals surface area contributed by atoms with Crippen molar-refractivity contribution in [1.82, 2.24) is 0 Å². The summed E-state index contributed by atoms with van der Waals surface area (Å²) in [5.41, 5.74) is 2.31. The number of hydrogen-bond donors (Lipinski definition) is 0. The lowest BCUT2D eigenvalue weighted by Gasteiger charge is -2.22. The third kappa shape index (κ3) is 3.32. The van der Waals surface area contributed by atoms with Crippen molar-refractivity contribution in [1.29, 1.82) is 0 Å². The number of carbonyl (C=O) groups is 1. The third-order valence-electron chi connectivity index (χ3n) is 3.87. The maximum absolute atomic E-state index is 12.5. The average Bonchev–Trinajstić information content (AvgIpc) is 2.39. The van der Waals surface area contributed by atoms with Gasteiger partial charge in [0.1, 0.15) is 0 Å². The number of benzene rings is 1. The van der Waals surface area contributed by atoms with Crippen molar-refractivity contribution in [3.05, 3.63) is 47.5 Å². The molecule has 1 aromatic carbocycles. The Hall–Kier alpha value is -1.37. The number of hydrogen-bond acceptors (Lipinski definition) is 1. The highest BCUT2D eigenvalue weighted by molar-refractivity contribution is 5.97. The first-order valence-electron chi connectivity index (χ1n) is 6.91. The molecule has 2 atom stereocenters. The van der Waals surface area contributed by atoms with E-state index in [4.69, 9.17) is 0 Å². The molecule has 0 aliphatic heterocycles. The molecule has 2 unspecified atom stereocenters. The van der Waals surface area contributed by atoms with Crippen molar-refractivity contribution in [3.63, 3.8) is 0 Å². The second-order valence-corrected chi connectivity index (χ2v) is 5.59. The van der Waals surface area contributed by atoms with Crippen LogP contribution in [0.1, 0.15) is 49.9 Å². The van der Waals surface area contributed by atoms with Crippen LogP contribution in [-0.2, 0) is 0 Å². The van der Waals surface area contributed by atoms with Gasteiger partial charge < -0.3 is 0 Å². The fraction of sp³-hybridized carbons (Fsp3) is 0.471. The molecule has 1 aromatic rings. The molecular formula is C17H22O. The monoisotopic (exact) mass is 242 g/mol. The highest BCUT2D eigenvalue weighted by Gasteiger charge is 2.23. The van der Waals surface area contributed by atoms with Gasteiger partial charge in [-0.2, -0.15) is 0 Å². The van der Waals surface area contributed by atoms with E-state index in [1.807, 2.05) is 30.3 Å². The van der Waals surface area contributed by atoms with Crippen molar-refractivity contribution >= 4 is 5.78 Å². The highest BCUT2D eigenvalue weighted by atomic mass is 16.1. The van der Waals surface area contributed by atoms with E-state index >= 15 is 0 Å². The number of rotatable bonds is 2. The Bertz CT molecular complexity index is 430. The Morgan fingerprint density at radius 3 is 2.67 bits per heavy atom. The molecule has 0 amide bonds. The molecule has 1 aliphatic carbocycles. The van der Waals surface area contributed by atoms with Gasteiger partial charge in [-0.05, 0) is 38.5 Å². The van der Waals surface area contributed by atoms with Gasteiger partial charge in [0.25, 0.3) is 0 Å². The van der Waals surface area contributed by atoms with Crippen LogP contribution < -0.4 is 0 Å². The van der Waals surface area contributed by atoms with E-state index in [1.165, 1.54) is 5.57 Å². The molecule has 0 saturated carbocycles. The van der Waals surface area contributed by atoms with E-state index < -0.39 is 0 Å². The Balaban J connectivity index is 2.12. The summed E-state index contributed by atoms with van der Waals surface area (Å²) in [6, 6.07) is 9.74. The van der Waals surface area contributed by atoms with Crippen LogP contribution >= 0.6 is 0 Å². The summed E-state index contributed by atoms with van der Waals surface area (Å²) in [4.78, 5) is 12.5. The van der Waals surface area contributed by atoms with Gasteiger partial charge in [0.2, 0.25) is 0 Å². The number of carbonyl (C=O) groups excluding carboxylic acids is 1. The van der Waals surface area contributed by atoms with Crippen LogP contribution in [0.4, 0.5) is 0 Å². The van der Waals surface area contributed by atoms with Gasteiger partial charge in [0.05, 0.1) is 0 Å². The molecule has 1 aliphatic rings. The largest absolute Gasteiger partial charge is 0.294 e. The van der Waals surface area contributed by atoms with Crippen molar-refractivity contribution in [3.8, 4) is 0 Å². The van der Waals surface area contributed by atoms with Gasteiger partial charge in [-0.3, -0.25) is 4.79 Å². The first-order chi connectivity index (χ1) is 8.66. The SMILES string of the molecule is C/C1=C/CC(C)CC(C(=O)c2ccccc2)CC1. The minimum atomic E-state index is 0.200. The molecule has 96 valence electrons. The van der Waals surface area contributed by atoms with Gasteiger partial charge in [0.15, 0.2) is 5.78 Å². The zero-order valence-corrected chi connectivity index (χ0v) is 11.4. The fourth-order valence-electron chi connectivity index (χ4n) is 2.68. The fourth-order valence-corrected chi connectivity index (χ4v) is 2.68. The van der Waals surface area contributed by atoms with Crippen molar-refractivity contribution in [2.24, 2.45) is 11.8 Å². The van der Waals surface area contributed by atoms with E-state index in [0.717, 1.165) is 31.2 Å². The number of Topliss-reactive ketones (excluding diaryl/α,β-unsaturated/α-hetero) is 1. The van der Waals surface area contributed by atoms with Gasteiger partial charge in [-0.15, -0.1) is 0 Å². The van der Waals surface area contributed by atoms with Crippen molar-refractivity contribution < 1.29 is 4.79 Å². The van der Waals surface area contributed by atoms with Crippen LogP contribution in [0.2, 0.25) is 0 Å². The predicted octanol–water partition coefficient (Wildman–Crippen LogP) is 4.64. The van der Waals surface area contributed by atoms with Gasteiger partial charge in [0, 0.05) is 11.5 Å². The second-order valence-electron chi connectivity index (χ2n) is 5.59. The normalized spacial score (nSPS) is 27.8. The molecule has 2 rings (SSSR count). The highest BCUT2D eigenvalue weighted by Crippen LogP contribution is 2.28. The summed E-state index contributed by atoms with van der Waals surface area (Å²) in [7, 11) is 0. The Kier molecular flexibility index (Phi) is 4.35. The molecule has 0 heterocycles. The van der Waals surface area contributed by atoms with Crippen molar-refractivity contribution in [2.45, 2.75) is 39.5 Å². The Labute approximate surface area is 110 Å². The maximum atomic E-state index is 12.5. The maximum Gasteiger partial charge on any atom is 0.165 e. The lowest BCUT2D eigenvalue weighted by molar-refractivity contribution is 0.0893. The Morgan fingerprint density at radius 1 is 1.22 bits per heavy atom. The van der Waals surface area contributed by atoms with Crippen LogP contribution in [0.15, 0.2) is 42.0 Å². The molecule has 0 radical (unpaired) electrons. The first-order valence-corrected chi connectivity index (χ1v) is 6.91. The zero-order chi connectivity index (χ0) is 13.0. The molecule has 0 N–H and O–H groups in total. The zero-order valence-electron chi connectivity index (χ0n) is 11.4. The molecular weight excluding hydrogens is 220 g/mol. The van der Waals surface area contributed by atoms with E-state index in [9.17, 15) is 4.79 Å². The van der Waals surface area contributed by atoms with Crippen LogP contribution in [-0.4, -0.2) is 5.78 Å². The summed E-state index contributed by atoms with van der Waals surface area (Å²) < 4.78 is 0. The van der Waals surface area contributed by atoms with Crippen LogP contribution in [0.25, 0.3) is 0 Å². The van der Waals surface area contributed by atoms with Crippen LogP contribution in [0, 0.1) is 11.8 Å². The summed E-state index contributed by atoms with van der Waals surface area (Å²) in [5, 5.41) is 0. The average molecular weight is 242 g/mol. The molecule has 1 nitrogen and oxygen atoms in total. The van der Waals surface area contributed by atoms with Crippen molar-refractivity contribution in [2.75, 3.05) is 0 Å². The number of allylic oxidation sites excluding steroid dienone is 2. The van der Waals surface area contributed by atoms with Gasteiger partial charge in [-0.25, -0.2) is 0 Å². The molecule has 0 bridgehead atoms. The lowest BCUT2D eigenvalue weighted by Crippen LogP contribution is -2.19. The second kappa shape index (κ2) is 5.99. The Morgan fingerprint density at radius 2 is 1.94 bits per heavy atom. The topological polar surface area (TPSA) is 17.1 Å². The minimum absolute atomic E-state index is 0.200. The van der Waals surface area contributed by atoms with Gasteiger partial charge >= 0.3 is 0 Å². The molecule has 0 spiro atoms. The standard InChI is InChI=1S/C17H22O/c1-13-8-9-14(2)12-16(11-10-13)17(18)15-6-4-3-5-7-15/h3-8,14,16H,9-12H2,1-2H3/b13-8-. The molecule has 0 saturated heterocycles. The minimum Gasteiger partial charge on any atom is -0.294 e. The molecule has 18 heavy (non-hydrogen) atoms. The smallest absolute Gasteiger partial charge is 0.165 e. The summed E-state index contributed by atoms with van der Waals surface area (Å²) in [6.45, 7) is 4.43. The molecule has 1 heteroatoms. The predicted molar refractivity (Wildman–Crippen MR) is 75.7 cm³/mol. The van der Waals surface area contributed by atoms with E-state index in [1.54, 1.807) is 0 Å². The van der Waals surface area contributed by atoms with Crippen LogP contribution in [0.5, 0.6) is 0 Å². The number of ketones is 1. The molecule has 0 aromatic heterocycles. The lowest BCUT2D eigenvalue weighted by atomic mass is 9.82.